The average Bonchev–Trinajstić information content (AvgIpc) is 2.96. The smallest absolute Gasteiger partial charge is 0.249 e. The van der Waals surface area contributed by atoms with Gasteiger partial charge in [-0.15, -0.1) is 0 Å². The first-order valence-electron chi connectivity index (χ1n) is 17.1. The van der Waals surface area contributed by atoms with Crippen LogP contribution in [0.15, 0.2) is 12.2 Å². The number of nitrogens with one attached hydrogen (secondary N) is 1. The maximum Gasteiger partial charge on any atom is 0.249 e. The van der Waals surface area contributed by atoms with Crippen LogP contribution >= 0.6 is 0 Å². The molecule has 0 aromatic carbocycles. The summed E-state index contributed by atoms with van der Waals surface area (Å²) in [5.41, 5.74) is 0. The van der Waals surface area contributed by atoms with E-state index in [9.17, 15) is 25.2 Å². The van der Waals surface area contributed by atoms with Crippen molar-refractivity contribution in [3.63, 3.8) is 0 Å². The monoisotopic (exact) mass is 570 g/mol. The van der Waals surface area contributed by atoms with E-state index in [4.69, 9.17) is 0 Å². The molecule has 0 rings (SSSR count). The Balaban J connectivity index is 3.90. The summed E-state index contributed by atoms with van der Waals surface area (Å²) in [5.74, 6) is -0.596. The Labute approximate surface area is 247 Å². The van der Waals surface area contributed by atoms with Gasteiger partial charge in [0, 0.05) is 0 Å². The topological polar surface area (TPSA) is 110 Å². The molecule has 0 fully saturated rings. The number of carbonyl (C=O) groups excluding carboxylic acids is 1. The van der Waals surface area contributed by atoms with Gasteiger partial charge < -0.3 is 25.7 Å². The van der Waals surface area contributed by atoms with Crippen LogP contribution in [0.25, 0.3) is 0 Å². The van der Waals surface area contributed by atoms with Crippen molar-refractivity contribution in [2.75, 3.05) is 6.61 Å². The first-order valence-corrected chi connectivity index (χ1v) is 17.1. The highest BCUT2D eigenvalue weighted by Crippen LogP contribution is 2.14. The second-order valence-corrected chi connectivity index (χ2v) is 11.9. The maximum absolute atomic E-state index is 12.4. The highest BCUT2D eigenvalue weighted by atomic mass is 16.3. The van der Waals surface area contributed by atoms with Crippen molar-refractivity contribution in [2.45, 2.75) is 192 Å². The van der Waals surface area contributed by atoms with Crippen LogP contribution in [0.2, 0.25) is 0 Å². The zero-order chi connectivity index (χ0) is 29.7. The second-order valence-electron chi connectivity index (χ2n) is 11.9. The number of unbranched alkanes of at least 4 members (excludes halogenated alkanes) is 19. The van der Waals surface area contributed by atoms with Crippen molar-refractivity contribution in [3.05, 3.63) is 12.2 Å². The Morgan fingerprint density at radius 2 is 1.02 bits per heavy atom. The maximum atomic E-state index is 12.4. The average molecular weight is 570 g/mol. The zero-order valence-electron chi connectivity index (χ0n) is 26.3. The van der Waals surface area contributed by atoms with Crippen LogP contribution in [0.4, 0.5) is 0 Å². The fourth-order valence-corrected chi connectivity index (χ4v) is 5.17. The predicted octanol–water partition coefficient (Wildman–Crippen LogP) is 7.50. The van der Waals surface area contributed by atoms with E-state index >= 15 is 0 Å². The van der Waals surface area contributed by atoms with Gasteiger partial charge in [0.15, 0.2) is 0 Å². The Morgan fingerprint density at radius 1 is 0.600 bits per heavy atom. The first-order chi connectivity index (χ1) is 19.5. The number of carbonyl (C=O) groups is 1. The fourth-order valence-electron chi connectivity index (χ4n) is 5.17. The number of allylic oxidation sites excluding steroid dienone is 2. The van der Waals surface area contributed by atoms with Crippen molar-refractivity contribution in [1.82, 2.24) is 5.32 Å². The molecule has 5 N–H and O–H groups in total. The SMILES string of the molecule is CCCCCCCCC/C=C/CCCC(O)C(O)C(CO)NC(=O)C(O)CCCCCCCCCCCCCC. The van der Waals surface area contributed by atoms with Gasteiger partial charge in [-0.1, -0.05) is 142 Å². The van der Waals surface area contributed by atoms with Crippen molar-refractivity contribution in [3.8, 4) is 0 Å². The zero-order valence-corrected chi connectivity index (χ0v) is 26.3. The molecule has 1 amide bonds. The van der Waals surface area contributed by atoms with Gasteiger partial charge in [0.05, 0.1) is 18.8 Å². The van der Waals surface area contributed by atoms with E-state index < -0.39 is 36.9 Å². The number of rotatable bonds is 30. The largest absolute Gasteiger partial charge is 0.394 e. The molecule has 0 radical (unpaired) electrons. The second kappa shape index (κ2) is 29.5. The molecule has 0 aliphatic heterocycles. The van der Waals surface area contributed by atoms with Crippen LogP contribution in [0.1, 0.15) is 168 Å². The molecule has 6 nitrogen and oxygen atoms in total. The lowest BCUT2D eigenvalue weighted by Gasteiger charge is -2.27. The third-order valence-corrected chi connectivity index (χ3v) is 7.98. The van der Waals surface area contributed by atoms with Crippen molar-refractivity contribution < 1.29 is 25.2 Å². The molecule has 238 valence electrons. The molecule has 4 unspecified atom stereocenters. The first kappa shape index (κ1) is 39.0. The van der Waals surface area contributed by atoms with Gasteiger partial charge in [0.25, 0.3) is 0 Å². The molecule has 0 aliphatic carbocycles. The van der Waals surface area contributed by atoms with Crippen LogP contribution < -0.4 is 5.32 Å². The lowest BCUT2D eigenvalue weighted by molar-refractivity contribution is -0.132. The molecule has 0 heterocycles. The number of hydrogen-bond acceptors (Lipinski definition) is 5. The predicted molar refractivity (Wildman–Crippen MR) is 168 cm³/mol. The summed E-state index contributed by atoms with van der Waals surface area (Å²) in [7, 11) is 0. The van der Waals surface area contributed by atoms with E-state index in [1.165, 1.54) is 103 Å². The van der Waals surface area contributed by atoms with E-state index in [-0.39, 0.29) is 0 Å². The minimum absolute atomic E-state index is 0.366. The molecule has 0 saturated carbocycles. The fraction of sp³-hybridized carbons (Fsp3) is 0.912. The van der Waals surface area contributed by atoms with Gasteiger partial charge in [-0.05, 0) is 38.5 Å². The molecule has 0 saturated heterocycles. The number of aliphatic hydroxyl groups excluding tert-OH is 4. The lowest BCUT2D eigenvalue weighted by Crippen LogP contribution is -2.53. The van der Waals surface area contributed by atoms with Crippen molar-refractivity contribution >= 4 is 5.91 Å². The summed E-state index contributed by atoms with van der Waals surface area (Å²) in [6.07, 6.45) is 28.0. The van der Waals surface area contributed by atoms with Gasteiger partial charge in [-0.3, -0.25) is 4.79 Å². The van der Waals surface area contributed by atoms with E-state index in [0.717, 1.165) is 38.5 Å². The minimum atomic E-state index is -1.27. The van der Waals surface area contributed by atoms with Crippen molar-refractivity contribution in [2.24, 2.45) is 0 Å². The van der Waals surface area contributed by atoms with E-state index in [1.54, 1.807) is 0 Å². The molecule has 0 spiro atoms. The van der Waals surface area contributed by atoms with Gasteiger partial charge in [-0.2, -0.15) is 0 Å². The molecule has 4 atom stereocenters. The van der Waals surface area contributed by atoms with Gasteiger partial charge in [0.2, 0.25) is 5.91 Å². The Morgan fingerprint density at radius 3 is 1.50 bits per heavy atom. The Kier molecular flexibility index (Phi) is 28.8. The summed E-state index contributed by atoms with van der Waals surface area (Å²) in [6, 6.07) is -0.994. The summed E-state index contributed by atoms with van der Waals surface area (Å²) >= 11 is 0. The summed E-state index contributed by atoms with van der Waals surface area (Å²) in [5, 5.41) is 43.2. The molecule has 0 bridgehead atoms. The van der Waals surface area contributed by atoms with E-state index in [1.807, 2.05) is 0 Å². The van der Waals surface area contributed by atoms with Crippen LogP contribution in [-0.4, -0.2) is 57.3 Å². The van der Waals surface area contributed by atoms with Gasteiger partial charge in [-0.25, -0.2) is 0 Å². The molecule has 40 heavy (non-hydrogen) atoms. The third-order valence-electron chi connectivity index (χ3n) is 7.98. The molecule has 0 aromatic heterocycles. The number of hydrogen-bond donors (Lipinski definition) is 5. The number of amides is 1. The third kappa shape index (κ3) is 23.7. The quantitative estimate of drug-likeness (QED) is 0.0454. The lowest BCUT2D eigenvalue weighted by atomic mass is 10.00. The highest BCUT2D eigenvalue weighted by molar-refractivity contribution is 5.80. The Hall–Kier alpha value is -0.950. The van der Waals surface area contributed by atoms with Gasteiger partial charge in [0.1, 0.15) is 12.2 Å². The highest BCUT2D eigenvalue weighted by Gasteiger charge is 2.28. The van der Waals surface area contributed by atoms with Crippen LogP contribution in [0.5, 0.6) is 0 Å². The van der Waals surface area contributed by atoms with Gasteiger partial charge >= 0.3 is 0 Å². The summed E-state index contributed by atoms with van der Waals surface area (Å²) in [4.78, 5) is 12.4. The van der Waals surface area contributed by atoms with Crippen LogP contribution in [0, 0.1) is 0 Å². The van der Waals surface area contributed by atoms with E-state index in [0.29, 0.717) is 12.8 Å². The summed E-state index contributed by atoms with van der Waals surface area (Å²) in [6.45, 7) is 3.99. The standard InChI is InChI=1S/C34H67NO5/c1-3-5-7-9-11-13-15-17-19-21-23-25-27-31(37)33(39)30(29-36)35-34(40)32(38)28-26-24-22-20-18-16-14-12-10-8-6-4-2/h19,21,30-33,36-39H,3-18,20,22-29H2,1-2H3,(H,35,40)/b21-19+. The minimum Gasteiger partial charge on any atom is -0.394 e. The number of aliphatic hydroxyl groups is 4. The Bertz CT molecular complexity index is 571. The van der Waals surface area contributed by atoms with E-state index in [2.05, 4.69) is 31.3 Å². The normalized spacial score (nSPS) is 14.8. The molecular formula is C34H67NO5. The molecule has 0 aliphatic rings. The van der Waals surface area contributed by atoms with Crippen LogP contribution in [0.3, 0.4) is 0 Å². The summed E-state index contributed by atoms with van der Waals surface area (Å²) < 4.78 is 0. The molecular weight excluding hydrogens is 502 g/mol. The van der Waals surface area contributed by atoms with Crippen molar-refractivity contribution in [1.29, 1.82) is 0 Å². The molecule has 6 heteroatoms. The molecule has 0 aromatic rings. The van der Waals surface area contributed by atoms with Crippen LogP contribution in [-0.2, 0) is 4.79 Å².